The summed E-state index contributed by atoms with van der Waals surface area (Å²) in [6.07, 6.45) is 0.863. The minimum absolute atomic E-state index is 0.173. The van der Waals surface area contributed by atoms with E-state index in [4.69, 9.17) is 14.0 Å². The molecule has 1 amide bonds. The molecule has 6 nitrogen and oxygen atoms in total. The zero-order valence-electron chi connectivity index (χ0n) is 13.5. The average molecular weight is 316 g/mol. The molecule has 0 bridgehead atoms. The zero-order valence-corrected chi connectivity index (χ0v) is 13.5. The largest absolute Gasteiger partial charge is 0.490 e. The topological polar surface area (TPSA) is 73.6 Å². The molecule has 1 aliphatic rings. The SMILES string of the molecule is Cc1noc(C)c1C(=O)NC(C)c1ccc2c(c1)OCCCO2. The third-order valence-electron chi connectivity index (χ3n) is 3.88. The lowest BCUT2D eigenvalue weighted by atomic mass is 10.1. The van der Waals surface area contributed by atoms with E-state index in [2.05, 4.69) is 10.5 Å². The van der Waals surface area contributed by atoms with Crippen LogP contribution in [-0.4, -0.2) is 24.3 Å². The van der Waals surface area contributed by atoms with Crippen molar-refractivity contribution >= 4 is 5.91 Å². The lowest BCUT2D eigenvalue weighted by molar-refractivity contribution is 0.0937. The summed E-state index contributed by atoms with van der Waals surface area (Å²) in [5.74, 6) is 1.79. The highest BCUT2D eigenvalue weighted by atomic mass is 16.5. The summed E-state index contributed by atoms with van der Waals surface area (Å²) in [5, 5.41) is 6.78. The second kappa shape index (κ2) is 6.32. The molecule has 1 aromatic carbocycles. The van der Waals surface area contributed by atoms with Crippen molar-refractivity contribution in [2.45, 2.75) is 33.2 Å². The molecule has 122 valence electrons. The minimum Gasteiger partial charge on any atom is -0.490 e. The minimum atomic E-state index is -0.194. The number of rotatable bonds is 3. The van der Waals surface area contributed by atoms with Crippen LogP contribution in [0.1, 0.15) is 46.8 Å². The summed E-state index contributed by atoms with van der Waals surface area (Å²) in [5.41, 5.74) is 2.03. The van der Waals surface area contributed by atoms with Gasteiger partial charge in [0, 0.05) is 6.42 Å². The molecular formula is C17H20N2O4. The number of benzene rings is 1. The van der Waals surface area contributed by atoms with Gasteiger partial charge in [-0.2, -0.15) is 0 Å². The van der Waals surface area contributed by atoms with Crippen LogP contribution in [0.5, 0.6) is 11.5 Å². The van der Waals surface area contributed by atoms with Gasteiger partial charge in [0.2, 0.25) is 0 Å². The van der Waals surface area contributed by atoms with Crippen LogP contribution < -0.4 is 14.8 Å². The highest BCUT2D eigenvalue weighted by molar-refractivity contribution is 5.96. The second-order valence-corrected chi connectivity index (χ2v) is 5.65. The molecule has 2 aromatic rings. The van der Waals surface area contributed by atoms with Crippen LogP contribution in [-0.2, 0) is 0 Å². The number of carbonyl (C=O) groups is 1. The van der Waals surface area contributed by atoms with E-state index < -0.39 is 0 Å². The Labute approximate surface area is 134 Å². The van der Waals surface area contributed by atoms with E-state index in [-0.39, 0.29) is 11.9 Å². The highest BCUT2D eigenvalue weighted by Crippen LogP contribution is 2.32. The van der Waals surface area contributed by atoms with Crippen LogP contribution in [0, 0.1) is 13.8 Å². The number of aromatic nitrogens is 1. The molecule has 6 heteroatoms. The number of ether oxygens (including phenoxy) is 2. The van der Waals surface area contributed by atoms with Gasteiger partial charge in [0.25, 0.3) is 5.91 Å². The van der Waals surface area contributed by atoms with Gasteiger partial charge in [0.15, 0.2) is 11.5 Å². The Morgan fingerprint density at radius 2 is 1.96 bits per heavy atom. The van der Waals surface area contributed by atoms with Gasteiger partial charge in [0.1, 0.15) is 11.3 Å². The van der Waals surface area contributed by atoms with E-state index in [9.17, 15) is 4.79 Å². The number of carbonyl (C=O) groups excluding carboxylic acids is 1. The van der Waals surface area contributed by atoms with Crippen molar-refractivity contribution in [2.24, 2.45) is 0 Å². The van der Waals surface area contributed by atoms with E-state index in [1.165, 1.54) is 0 Å². The lowest BCUT2D eigenvalue weighted by Crippen LogP contribution is -2.27. The Hall–Kier alpha value is -2.50. The first-order valence-electron chi connectivity index (χ1n) is 7.69. The van der Waals surface area contributed by atoms with E-state index in [1.54, 1.807) is 13.8 Å². The Morgan fingerprint density at radius 3 is 2.65 bits per heavy atom. The first-order chi connectivity index (χ1) is 11.1. The zero-order chi connectivity index (χ0) is 16.4. The van der Waals surface area contributed by atoms with Crippen molar-refractivity contribution in [1.82, 2.24) is 10.5 Å². The number of hydrogen-bond acceptors (Lipinski definition) is 5. The number of nitrogens with zero attached hydrogens (tertiary/aromatic N) is 1. The second-order valence-electron chi connectivity index (χ2n) is 5.65. The lowest BCUT2D eigenvalue weighted by Gasteiger charge is -2.16. The summed E-state index contributed by atoms with van der Waals surface area (Å²) in [6.45, 7) is 6.70. The molecule has 1 unspecified atom stereocenters. The molecule has 0 saturated heterocycles. The van der Waals surface area contributed by atoms with Crippen molar-refractivity contribution in [3.05, 3.63) is 40.8 Å². The predicted octanol–water partition coefficient (Wildman–Crippen LogP) is 2.94. The summed E-state index contributed by atoms with van der Waals surface area (Å²) < 4.78 is 16.4. The van der Waals surface area contributed by atoms with Crippen molar-refractivity contribution in [3.63, 3.8) is 0 Å². The van der Waals surface area contributed by atoms with E-state index in [1.807, 2.05) is 25.1 Å². The smallest absolute Gasteiger partial charge is 0.257 e. The van der Waals surface area contributed by atoms with Crippen LogP contribution in [0.3, 0.4) is 0 Å². The Balaban J connectivity index is 1.77. The monoisotopic (exact) mass is 316 g/mol. The molecule has 1 N–H and O–H groups in total. The summed E-state index contributed by atoms with van der Waals surface area (Å²) in [6, 6.07) is 5.56. The Morgan fingerprint density at radius 1 is 1.22 bits per heavy atom. The van der Waals surface area contributed by atoms with Crippen molar-refractivity contribution in [2.75, 3.05) is 13.2 Å². The maximum atomic E-state index is 12.4. The van der Waals surface area contributed by atoms with Gasteiger partial charge < -0.3 is 19.3 Å². The number of hydrogen-bond donors (Lipinski definition) is 1. The molecule has 1 aliphatic heterocycles. The first kappa shape index (κ1) is 15.4. The Kier molecular flexibility index (Phi) is 4.23. The molecule has 0 spiro atoms. The maximum Gasteiger partial charge on any atom is 0.257 e. The molecule has 0 radical (unpaired) electrons. The molecule has 1 atom stereocenters. The Bertz CT molecular complexity index is 704. The number of aryl methyl sites for hydroxylation is 2. The van der Waals surface area contributed by atoms with Crippen LogP contribution in [0.2, 0.25) is 0 Å². The summed E-state index contributed by atoms with van der Waals surface area (Å²) in [7, 11) is 0. The van der Waals surface area contributed by atoms with Crippen molar-refractivity contribution in [1.29, 1.82) is 0 Å². The number of fused-ring (bicyclic) bond motifs is 1. The molecular weight excluding hydrogens is 296 g/mol. The van der Waals surface area contributed by atoms with Gasteiger partial charge in [-0.3, -0.25) is 4.79 Å². The quantitative estimate of drug-likeness (QED) is 0.942. The standard InChI is InChI=1S/C17H20N2O4/c1-10(18-17(20)16-11(2)19-23-12(16)3)13-5-6-14-15(9-13)22-8-4-7-21-14/h5-6,9-10H,4,7-8H2,1-3H3,(H,18,20). The van der Waals surface area contributed by atoms with Gasteiger partial charge in [-0.25, -0.2) is 0 Å². The van der Waals surface area contributed by atoms with Crippen LogP contribution in [0.4, 0.5) is 0 Å². The van der Waals surface area contributed by atoms with Crippen molar-refractivity contribution in [3.8, 4) is 11.5 Å². The van der Waals surface area contributed by atoms with E-state index in [0.29, 0.717) is 30.2 Å². The molecule has 0 aliphatic carbocycles. The molecule has 1 aromatic heterocycles. The molecule has 2 heterocycles. The fraction of sp³-hybridized carbons (Fsp3) is 0.412. The highest BCUT2D eigenvalue weighted by Gasteiger charge is 2.20. The third kappa shape index (κ3) is 3.16. The fourth-order valence-electron chi connectivity index (χ4n) is 2.61. The van der Waals surface area contributed by atoms with Crippen LogP contribution in [0.15, 0.2) is 22.7 Å². The third-order valence-corrected chi connectivity index (χ3v) is 3.88. The van der Waals surface area contributed by atoms with Crippen LogP contribution in [0.25, 0.3) is 0 Å². The molecule has 0 saturated carbocycles. The number of nitrogens with one attached hydrogen (secondary N) is 1. The van der Waals surface area contributed by atoms with E-state index >= 15 is 0 Å². The van der Waals surface area contributed by atoms with Gasteiger partial charge in [-0.1, -0.05) is 11.2 Å². The molecule has 23 heavy (non-hydrogen) atoms. The molecule has 3 rings (SSSR count). The predicted molar refractivity (Wildman–Crippen MR) is 83.9 cm³/mol. The van der Waals surface area contributed by atoms with Crippen molar-refractivity contribution < 1.29 is 18.8 Å². The average Bonchev–Trinajstić information content (AvgIpc) is 2.74. The summed E-state index contributed by atoms with van der Waals surface area (Å²) >= 11 is 0. The maximum absolute atomic E-state index is 12.4. The first-order valence-corrected chi connectivity index (χ1v) is 7.69. The fourth-order valence-corrected chi connectivity index (χ4v) is 2.61. The van der Waals surface area contributed by atoms with Gasteiger partial charge >= 0.3 is 0 Å². The van der Waals surface area contributed by atoms with Gasteiger partial charge in [0.05, 0.1) is 24.9 Å². The van der Waals surface area contributed by atoms with Crippen LogP contribution >= 0.6 is 0 Å². The van der Waals surface area contributed by atoms with E-state index in [0.717, 1.165) is 23.5 Å². The normalized spacial score (nSPS) is 14.9. The van der Waals surface area contributed by atoms with Gasteiger partial charge in [-0.15, -0.1) is 0 Å². The van der Waals surface area contributed by atoms with Gasteiger partial charge in [-0.05, 0) is 38.5 Å². The molecule has 0 fully saturated rings. The number of amides is 1. The summed E-state index contributed by atoms with van der Waals surface area (Å²) in [4.78, 5) is 12.4.